The molecule has 148 valence electrons. The Bertz CT molecular complexity index is 1030. The van der Waals surface area contributed by atoms with E-state index in [4.69, 9.17) is 5.73 Å². The average molecular weight is 390 g/mol. The molecule has 0 aliphatic carbocycles. The second-order valence-electron chi connectivity index (χ2n) is 7.42. The van der Waals surface area contributed by atoms with Gasteiger partial charge < -0.3 is 10.6 Å². The Morgan fingerprint density at radius 3 is 2.55 bits per heavy atom. The summed E-state index contributed by atoms with van der Waals surface area (Å²) >= 11 is 0. The summed E-state index contributed by atoms with van der Waals surface area (Å²) in [5, 5.41) is 5.63. The summed E-state index contributed by atoms with van der Waals surface area (Å²) in [7, 11) is 0. The molecule has 0 fully saturated rings. The Morgan fingerprint density at radius 1 is 1.07 bits per heavy atom. The first-order valence-corrected chi connectivity index (χ1v) is 9.58. The summed E-state index contributed by atoms with van der Waals surface area (Å²) in [6.45, 7) is 2.22. The molecular weight excluding hydrogens is 368 g/mol. The van der Waals surface area contributed by atoms with Crippen LogP contribution in [-0.4, -0.2) is 34.4 Å². The molecule has 0 aromatic heterocycles. The second-order valence-corrected chi connectivity index (χ2v) is 7.42. The molecular formula is C22H22N4O3. The number of aryl methyl sites for hydroxylation is 1. The molecule has 0 saturated carbocycles. The Balaban J connectivity index is 1.66. The molecule has 7 nitrogen and oxygen atoms in total. The van der Waals surface area contributed by atoms with Crippen LogP contribution in [0.25, 0.3) is 0 Å². The quantitative estimate of drug-likeness (QED) is 0.867. The number of benzene rings is 2. The van der Waals surface area contributed by atoms with E-state index in [1.165, 1.54) is 9.91 Å². The molecule has 29 heavy (non-hydrogen) atoms. The van der Waals surface area contributed by atoms with E-state index in [0.717, 1.165) is 16.7 Å². The van der Waals surface area contributed by atoms with Crippen molar-refractivity contribution >= 4 is 29.1 Å². The van der Waals surface area contributed by atoms with Crippen LogP contribution >= 0.6 is 0 Å². The minimum absolute atomic E-state index is 0.164. The summed E-state index contributed by atoms with van der Waals surface area (Å²) in [6.07, 6.45) is 0.804. The molecule has 3 amide bonds. The molecule has 2 aliphatic heterocycles. The molecule has 2 aliphatic rings. The molecule has 0 bridgehead atoms. The van der Waals surface area contributed by atoms with Gasteiger partial charge in [0.25, 0.3) is 5.91 Å². The number of amides is 3. The van der Waals surface area contributed by atoms with Crippen LogP contribution in [0.15, 0.2) is 53.6 Å². The van der Waals surface area contributed by atoms with Gasteiger partial charge in [-0.2, -0.15) is 5.10 Å². The van der Waals surface area contributed by atoms with E-state index < -0.39 is 11.9 Å². The number of hydrogen-bond acceptors (Lipinski definition) is 4. The van der Waals surface area contributed by atoms with Crippen LogP contribution in [-0.2, 0) is 27.3 Å². The number of carbonyl (C=O) groups is 3. The number of carbonyl (C=O) groups excluding carboxylic acids is 3. The average Bonchev–Trinajstić information content (AvgIpc) is 2.72. The molecule has 2 N–H and O–H groups in total. The Labute approximate surface area is 168 Å². The number of primary amides is 1. The summed E-state index contributed by atoms with van der Waals surface area (Å²) in [4.78, 5) is 39.2. The van der Waals surface area contributed by atoms with Gasteiger partial charge in [-0.05, 0) is 35.7 Å². The van der Waals surface area contributed by atoms with Gasteiger partial charge in [0.2, 0.25) is 11.8 Å². The largest absolute Gasteiger partial charge is 0.368 e. The van der Waals surface area contributed by atoms with Crippen molar-refractivity contribution in [2.45, 2.75) is 38.8 Å². The van der Waals surface area contributed by atoms with Gasteiger partial charge >= 0.3 is 0 Å². The standard InChI is InChI=1S/C22H22N4O3/c1-14-5-4-8-17(11-14)26-20(27)10-9-18(24-26)22(29)25-13-16-7-3-2-6-15(16)12-19(25)21(23)28/h2-8,11,19H,9-10,12-13H2,1H3,(H2,23,28)/t19-/m0/s1. The maximum absolute atomic E-state index is 13.3. The molecule has 2 aromatic carbocycles. The van der Waals surface area contributed by atoms with Gasteiger partial charge in [0.15, 0.2) is 0 Å². The second kappa shape index (κ2) is 7.50. The Kier molecular flexibility index (Phi) is 4.88. The minimum Gasteiger partial charge on any atom is -0.368 e. The SMILES string of the molecule is Cc1cccc(N2N=C(C(=O)N3Cc4ccccc4C[C@H]3C(N)=O)CCC2=O)c1. The van der Waals surface area contributed by atoms with Gasteiger partial charge in [0.05, 0.1) is 5.69 Å². The maximum atomic E-state index is 13.3. The first kappa shape index (κ1) is 18.9. The highest BCUT2D eigenvalue weighted by Gasteiger charge is 2.37. The van der Waals surface area contributed by atoms with Gasteiger partial charge in [0.1, 0.15) is 11.8 Å². The van der Waals surface area contributed by atoms with Crippen LogP contribution in [0.2, 0.25) is 0 Å². The van der Waals surface area contributed by atoms with Crippen LogP contribution in [0.5, 0.6) is 0 Å². The zero-order valence-corrected chi connectivity index (χ0v) is 16.2. The van der Waals surface area contributed by atoms with Gasteiger partial charge in [-0.3, -0.25) is 14.4 Å². The van der Waals surface area contributed by atoms with Crippen LogP contribution in [0.4, 0.5) is 5.69 Å². The summed E-state index contributed by atoms with van der Waals surface area (Å²) in [5.41, 5.74) is 9.48. The monoisotopic (exact) mass is 390 g/mol. The summed E-state index contributed by atoms with van der Waals surface area (Å²) < 4.78 is 0. The van der Waals surface area contributed by atoms with E-state index in [-0.39, 0.29) is 30.4 Å². The number of rotatable bonds is 3. The molecule has 1 atom stereocenters. The predicted molar refractivity (Wildman–Crippen MR) is 109 cm³/mol. The van der Waals surface area contributed by atoms with Crippen molar-refractivity contribution < 1.29 is 14.4 Å². The van der Waals surface area contributed by atoms with Gasteiger partial charge in [-0.25, -0.2) is 5.01 Å². The first-order chi connectivity index (χ1) is 13.9. The lowest BCUT2D eigenvalue weighted by Crippen LogP contribution is -2.53. The first-order valence-electron chi connectivity index (χ1n) is 9.58. The van der Waals surface area contributed by atoms with Crippen LogP contribution in [0.3, 0.4) is 0 Å². The van der Waals surface area contributed by atoms with Gasteiger partial charge in [-0.1, -0.05) is 36.4 Å². The van der Waals surface area contributed by atoms with E-state index >= 15 is 0 Å². The molecule has 0 saturated heterocycles. The third-order valence-electron chi connectivity index (χ3n) is 5.36. The number of anilines is 1. The fourth-order valence-corrected chi connectivity index (χ4v) is 3.83. The highest BCUT2D eigenvalue weighted by molar-refractivity contribution is 6.40. The van der Waals surface area contributed by atoms with Gasteiger partial charge in [-0.15, -0.1) is 0 Å². The minimum atomic E-state index is -0.731. The number of nitrogens with zero attached hydrogens (tertiary/aromatic N) is 3. The third kappa shape index (κ3) is 3.63. The van der Waals surface area contributed by atoms with Crippen LogP contribution in [0.1, 0.15) is 29.5 Å². The van der Waals surface area contributed by atoms with E-state index in [0.29, 0.717) is 18.7 Å². The van der Waals surface area contributed by atoms with Crippen molar-refractivity contribution in [3.8, 4) is 0 Å². The number of hydrogen-bond donors (Lipinski definition) is 1. The Hall–Kier alpha value is -3.48. The van der Waals surface area contributed by atoms with Gasteiger partial charge in [0, 0.05) is 25.8 Å². The molecule has 0 unspecified atom stereocenters. The van der Waals surface area contributed by atoms with E-state index in [1.807, 2.05) is 49.4 Å². The topological polar surface area (TPSA) is 96.1 Å². The van der Waals surface area contributed by atoms with Crippen molar-refractivity contribution in [2.24, 2.45) is 10.8 Å². The molecule has 4 rings (SSSR count). The van der Waals surface area contributed by atoms with Crippen LogP contribution in [0, 0.1) is 6.92 Å². The number of fused-ring (bicyclic) bond motifs is 1. The fourth-order valence-electron chi connectivity index (χ4n) is 3.83. The zero-order chi connectivity index (χ0) is 20.5. The van der Waals surface area contributed by atoms with Crippen LogP contribution < -0.4 is 10.7 Å². The maximum Gasteiger partial charge on any atom is 0.271 e. The third-order valence-corrected chi connectivity index (χ3v) is 5.36. The van der Waals surface area contributed by atoms with E-state index in [2.05, 4.69) is 5.10 Å². The highest BCUT2D eigenvalue weighted by atomic mass is 16.2. The molecule has 0 spiro atoms. The van der Waals surface area contributed by atoms with Crippen molar-refractivity contribution in [3.05, 3.63) is 65.2 Å². The smallest absolute Gasteiger partial charge is 0.271 e. The zero-order valence-electron chi connectivity index (χ0n) is 16.2. The van der Waals surface area contributed by atoms with Crippen molar-refractivity contribution in [2.75, 3.05) is 5.01 Å². The molecule has 2 heterocycles. The highest BCUT2D eigenvalue weighted by Crippen LogP contribution is 2.26. The molecule has 7 heteroatoms. The van der Waals surface area contributed by atoms with Crippen molar-refractivity contribution in [3.63, 3.8) is 0 Å². The summed E-state index contributed by atoms with van der Waals surface area (Å²) in [5.74, 6) is -1.06. The van der Waals surface area contributed by atoms with Crippen molar-refractivity contribution in [1.82, 2.24) is 4.90 Å². The van der Waals surface area contributed by atoms with Crippen molar-refractivity contribution in [1.29, 1.82) is 0 Å². The molecule has 2 aromatic rings. The summed E-state index contributed by atoms with van der Waals surface area (Å²) in [6, 6.07) is 14.4. The Morgan fingerprint density at radius 2 is 1.83 bits per heavy atom. The number of nitrogens with two attached hydrogens (primary N) is 1. The number of hydrazone groups is 1. The van der Waals surface area contributed by atoms with E-state index in [9.17, 15) is 14.4 Å². The van der Waals surface area contributed by atoms with E-state index in [1.54, 1.807) is 6.07 Å². The predicted octanol–water partition coefficient (Wildman–Crippen LogP) is 1.92. The molecule has 0 radical (unpaired) electrons. The normalized spacial score (nSPS) is 18.9. The lowest BCUT2D eigenvalue weighted by Gasteiger charge is -2.36. The fraction of sp³-hybridized carbons (Fsp3) is 0.273. The lowest BCUT2D eigenvalue weighted by atomic mass is 9.93. The lowest BCUT2D eigenvalue weighted by molar-refractivity contribution is -0.135.